The van der Waals surface area contributed by atoms with Crippen LogP contribution in [0, 0.1) is 0 Å². The lowest BCUT2D eigenvalue weighted by molar-refractivity contribution is 0.651. The van der Waals surface area contributed by atoms with Crippen molar-refractivity contribution in [3.05, 3.63) is 41.7 Å². The fourth-order valence-corrected chi connectivity index (χ4v) is 1.75. The Morgan fingerprint density at radius 2 is 2.12 bits per heavy atom. The first kappa shape index (κ1) is 11.6. The summed E-state index contributed by atoms with van der Waals surface area (Å²) in [7, 11) is 5.87. The van der Waals surface area contributed by atoms with Crippen LogP contribution in [0.25, 0.3) is 0 Å². The van der Waals surface area contributed by atoms with Crippen LogP contribution in [0.4, 0.5) is 5.69 Å². The van der Waals surface area contributed by atoms with Gasteiger partial charge in [0.1, 0.15) is 0 Å². The first-order valence-corrected chi connectivity index (χ1v) is 5.47. The van der Waals surface area contributed by atoms with Gasteiger partial charge in [0.15, 0.2) is 0 Å². The summed E-state index contributed by atoms with van der Waals surface area (Å²) in [6.45, 7) is 0. The lowest BCUT2D eigenvalue weighted by atomic mass is 10.0. The van der Waals surface area contributed by atoms with E-state index in [1.807, 2.05) is 33.3 Å². The molecule has 5 nitrogen and oxygen atoms in total. The van der Waals surface area contributed by atoms with Gasteiger partial charge < -0.3 is 10.6 Å². The highest BCUT2D eigenvalue weighted by Gasteiger charge is 2.13. The quantitative estimate of drug-likeness (QED) is 0.853. The van der Waals surface area contributed by atoms with Gasteiger partial charge in [0.2, 0.25) is 0 Å². The summed E-state index contributed by atoms with van der Waals surface area (Å²) in [5.74, 6) is 0. The van der Waals surface area contributed by atoms with E-state index < -0.39 is 0 Å². The number of nitrogens with zero attached hydrogens (tertiary/aromatic N) is 4. The molecule has 0 aliphatic heterocycles. The summed E-state index contributed by atoms with van der Waals surface area (Å²) in [4.78, 5) is 2.05. The molecule has 2 aromatic rings. The molecule has 0 radical (unpaired) electrons. The number of nitrogens with two attached hydrogens (primary N) is 1. The molecule has 90 valence electrons. The summed E-state index contributed by atoms with van der Waals surface area (Å²) in [5.41, 5.74) is 9.30. The van der Waals surface area contributed by atoms with Crippen molar-refractivity contribution >= 4 is 5.69 Å². The van der Waals surface area contributed by atoms with E-state index in [9.17, 15) is 0 Å². The number of aromatic nitrogens is 3. The highest BCUT2D eigenvalue weighted by atomic mass is 15.4. The molecule has 1 heterocycles. The zero-order chi connectivity index (χ0) is 12.4. The van der Waals surface area contributed by atoms with E-state index in [0.29, 0.717) is 0 Å². The molecule has 1 atom stereocenters. The van der Waals surface area contributed by atoms with Gasteiger partial charge in [0, 0.05) is 26.8 Å². The molecule has 0 aliphatic rings. The van der Waals surface area contributed by atoms with Gasteiger partial charge in [-0.15, -0.1) is 5.10 Å². The van der Waals surface area contributed by atoms with Crippen molar-refractivity contribution in [3.63, 3.8) is 0 Å². The number of hydrogen-bond donors (Lipinski definition) is 1. The summed E-state index contributed by atoms with van der Waals surface area (Å²) in [6.07, 6.45) is 1.70. The van der Waals surface area contributed by atoms with E-state index in [2.05, 4.69) is 27.3 Å². The number of benzene rings is 1. The Hall–Kier alpha value is -1.88. The van der Waals surface area contributed by atoms with Gasteiger partial charge in [-0.05, 0) is 17.7 Å². The summed E-state index contributed by atoms with van der Waals surface area (Å²) in [5, 5.41) is 7.75. The number of rotatable bonds is 3. The fraction of sp³-hybridized carbons (Fsp3) is 0.333. The average Bonchev–Trinajstić information content (AvgIpc) is 2.74. The maximum Gasteiger partial charge on any atom is 0.0796 e. The van der Waals surface area contributed by atoms with Crippen molar-refractivity contribution in [3.8, 4) is 0 Å². The molecule has 1 aromatic carbocycles. The van der Waals surface area contributed by atoms with Crippen LogP contribution in [0.1, 0.15) is 17.3 Å². The van der Waals surface area contributed by atoms with Gasteiger partial charge in [-0.1, -0.05) is 17.3 Å². The lowest BCUT2D eigenvalue weighted by Gasteiger charge is -2.16. The van der Waals surface area contributed by atoms with E-state index >= 15 is 0 Å². The molecule has 17 heavy (non-hydrogen) atoms. The predicted octanol–water partition coefficient (Wildman–Crippen LogP) is 0.929. The molecule has 0 saturated heterocycles. The van der Waals surface area contributed by atoms with Gasteiger partial charge in [-0.3, -0.25) is 4.68 Å². The Kier molecular flexibility index (Phi) is 3.10. The molecular weight excluding hydrogens is 214 g/mol. The summed E-state index contributed by atoms with van der Waals surface area (Å²) < 4.78 is 1.70. The normalized spacial score (nSPS) is 12.5. The smallest absolute Gasteiger partial charge is 0.0796 e. The topological polar surface area (TPSA) is 60.0 Å². The molecule has 1 unspecified atom stereocenters. The Bertz CT molecular complexity index is 503. The van der Waals surface area contributed by atoms with Crippen molar-refractivity contribution in [2.75, 3.05) is 19.0 Å². The highest BCUT2D eigenvalue weighted by Crippen LogP contribution is 2.22. The lowest BCUT2D eigenvalue weighted by Crippen LogP contribution is -2.17. The van der Waals surface area contributed by atoms with Crippen molar-refractivity contribution in [2.24, 2.45) is 12.8 Å². The first-order chi connectivity index (χ1) is 8.09. The summed E-state index contributed by atoms with van der Waals surface area (Å²) >= 11 is 0. The monoisotopic (exact) mass is 231 g/mol. The van der Waals surface area contributed by atoms with Gasteiger partial charge in [-0.25, -0.2) is 0 Å². The Labute approximate surface area is 101 Å². The molecule has 1 aromatic heterocycles. The van der Waals surface area contributed by atoms with Gasteiger partial charge in [-0.2, -0.15) is 0 Å². The average molecular weight is 231 g/mol. The zero-order valence-electron chi connectivity index (χ0n) is 10.3. The van der Waals surface area contributed by atoms with E-state index in [1.54, 1.807) is 10.9 Å². The van der Waals surface area contributed by atoms with Crippen LogP contribution < -0.4 is 10.6 Å². The Morgan fingerprint density at radius 3 is 2.71 bits per heavy atom. The summed E-state index contributed by atoms with van der Waals surface area (Å²) in [6, 6.07) is 7.96. The minimum atomic E-state index is -0.199. The van der Waals surface area contributed by atoms with Crippen molar-refractivity contribution in [2.45, 2.75) is 6.04 Å². The third-order valence-corrected chi connectivity index (χ3v) is 2.81. The number of anilines is 1. The van der Waals surface area contributed by atoms with Crippen LogP contribution in [0.2, 0.25) is 0 Å². The van der Waals surface area contributed by atoms with Crippen molar-refractivity contribution in [1.82, 2.24) is 15.0 Å². The van der Waals surface area contributed by atoms with Crippen LogP contribution in [-0.4, -0.2) is 29.1 Å². The Morgan fingerprint density at radius 1 is 1.35 bits per heavy atom. The van der Waals surface area contributed by atoms with Crippen LogP contribution >= 0.6 is 0 Å². The van der Waals surface area contributed by atoms with E-state index in [0.717, 1.165) is 16.9 Å². The second-order valence-electron chi connectivity index (χ2n) is 4.25. The fourth-order valence-electron chi connectivity index (χ4n) is 1.75. The molecule has 0 fully saturated rings. The molecule has 0 aliphatic carbocycles. The predicted molar refractivity (Wildman–Crippen MR) is 67.8 cm³/mol. The molecule has 0 saturated carbocycles. The SMILES string of the molecule is CN(C)c1cccc(C(N)c2cnnn2C)c1. The molecular formula is C12H17N5. The largest absolute Gasteiger partial charge is 0.378 e. The maximum absolute atomic E-state index is 6.21. The zero-order valence-corrected chi connectivity index (χ0v) is 10.3. The Balaban J connectivity index is 2.34. The molecule has 5 heteroatoms. The first-order valence-electron chi connectivity index (χ1n) is 5.47. The number of hydrogen-bond acceptors (Lipinski definition) is 4. The van der Waals surface area contributed by atoms with Gasteiger partial charge in [0.25, 0.3) is 0 Å². The number of aryl methyl sites for hydroxylation is 1. The van der Waals surface area contributed by atoms with E-state index in [1.165, 1.54) is 0 Å². The second-order valence-corrected chi connectivity index (χ2v) is 4.25. The minimum absolute atomic E-state index is 0.199. The van der Waals surface area contributed by atoms with Gasteiger partial charge in [0.05, 0.1) is 17.9 Å². The molecule has 0 spiro atoms. The van der Waals surface area contributed by atoms with Crippen LogP contribution in [0.15, 0.2) is 30.5 Å². The third kappa shape index (κ3) is 2.29. The molecule has 0 bridgehead atoms. The minimum Gasteiger partial charge on any atom is -0.378 e. The van der Waals surface area contributed by atoms with E-state index in [4.69, 9.17) is 5.73 Å². The van der Waals surface area contributed by atoms with Gasteiger partial charge >= 0.3 is 0 Å². The maximum atomic E-state index is 6.21. The van der Waals surface area contributed by atoms with Crippen LogP contribution in [0.5, 0.6) is 0 Å². The van der Waals surface area contributed by atoms with E-state index in [-0.39, 0.29) is 6.04 Å². The third-order valence-electron chi connectivity index (χ3n) is 2.81. The standard InChI is InChI=1S/C12H17N5/c1-16(2)10-6-4-5-9(7-10)12(13)11-8-14-15-17(11)3/h4-8,12H,13H2,1-3H3. The van der Waals surface area contributed by atoms with Crippen molar-refractivity contribution in [1.29, 1.82) is 0 Å². The van der Waals surface area contributed by atoms with Crippen LogP contribution in [0.3, 0.4) is 0 Å². The highest BCUT2D eigenvalue weighted by molar-refractivity contribution is 5.48. The second kappa shape index (κ2) is 4.55. The molecule has 0 amide bonds. The van der Waals surface area contributed by atoms with Crippen molar-refractivity contribution < 1.29 is 0 Å². The molecule has 2 rings (SSSR count). The van der Waals surface area contributed by atoms with Crippen LogP contribution in [-0.2, 0) is 7.05 Å². The molecule has 2 N–H and O–H groups in total.